The number of nitrogens with one attached hydrogen (secondary N) is 1. The van der Waals surface area contributed by atoms with E-state index in [1.165, 1.54) is 12.8 Å². The fourth-order valence-electron chi connectivity index (χ4n) is 3.98. The topological polar surface area (TPSA) is 110 Å². The van der Waals surface area contributed by atoms with Gasteiger partial charge in [0.2, 0.25) is 17.6 Å². The Labute approximate surface area is 180 Å². The molecule has 0 unspecified atom stereocenters. The Bertz CT molecular complexity index is 1030. The Morgan fingerprint density at radius 1 is 1.13 bits per heavy atom. The zero-order valence-corrected chi connectivity index (χ0v) is 17.6. The first kappa shape index (κ1) is 19.7. The number of aryl methyl sites for hydroxylation is 1. The van der Waals surface area contributed by atoms with Crippen molar-refractivity contribution in [3.8, 4) is 17.1 Å². The number of amides is 1. The number of methoxy groups -OCH3 is 1. The van der Waals surface area contributed by atoms with E-state index in [1.54, 1.807) is 7.11 Å². The lowest BCUT2D eigenvalue weighted by Gasteiger charge is -2.31. The van der Waals surface area contributed by atoms with Crippen LogP contribution in [0.3, 0.4) is 0 Å². The summed E-state index contributed by atoms with van der Waals surface area (Å²) >= 11 is 0. The Kier molecular flexibility index (Phi) is 5.40. The van der Waals surface area contributed by atoms with Crippen molar-refractivity contribution in [2.45, 2.75) is 50.4 Å². The molecule has 1 aliphatic carbocycles. The molecule has 2 aromatic heterocycles. The number of hydrogen-bond acceptors (Lipinski definition) is 7. The number of aromatic nitrogens is 5. The van der Waals surface area contributed by atoms with Crippen molar-refractivity contribution < 1.29 is 14.1 Å². The van der Waals surface area contributed by atoms with E-state index in [4.69, 9.17) is 9.26 Å². The Hall–Kier alpha value is -3.23. The van der Waals surface area contributed by atoms with Crippen LogP contribution >= 0.6 is 0 Å². The van der Waals surface area contributed by atoms with Crippen LogP contribution < -0.4 is 4.74 Å². The largest absolute Gasteiger partial charge is 0.497 e. The van der Waals surface area contributed by atoms with Crippen molar-refractivity contribution in [2.24, 2.45) is 0 Å². The molecule has 9 nitrogen and oxygen atoms in total. The number of hydrogen-bond donors (Lipinski definition) is 1. The third kappa shape index (κ3) is 4.45. The first-order valence-electron chi connectivity index (χ1n) is 10.9. The molecule has 3 heterocycles. The van der Waals surface area contributed by atoms with Gasteiger partial charge in [-0.2, -0.15) is 10.1 Å². The highest BCUT2D eigenvalue weighted by Gasteiger charge is 2.30. The van der Waals surface area contributed by atoms with Crippen molar-refractivity contribution in [2.75, 3.05) is 20.2 Å². The van der Waals surface area contributed by atoms with Crippen LogP contribution in [-0.4, -0.2) is 56.3 Å². The van der Waals surface area contributed by atoms with E-state index in [2.05, 4.69) is 25.3 Å². The molecule has 5 rings (SSSR count). The van der Waals surface area contributed by atoms with E-state index in [0.29, 0.717) is 36.4 Å². The number of ether oxygens (including phenoxy) is 1. The molecule has 1 amide bonds. The first-order chi connectivity index (χ1) is 15.2. The van der Waals surface area contributed by atoms with Gasteiger partial charge in [-0.15, -0.1) is 0 Å². The standard InChI is InChI=1S/C22H26N6O3/c1-30-17-6-4-15(5-7-17)22-23-18(31-27-22)8-9-19(29)28-12-10-16(11-13-28)21-24-20(25-26-21)14-2-3-14/h4-7,14,16H,2-3,8-13H2,1H3,(H,24,25,26). The van der Waals surface area contributed by atoms with Gasteiger partial charge in [-0.1, -0.05) is 5.16 Å². The van der Waals surface area contributed by atoms with Crippen LogP contribution in [0.25, 0.3) is 11.4 Å². The molecule has 3 aromatic rings. The number of likely N-dealkylation sites (tertiary alicyclic amines) is 1. The van der Waals surface area contributed by atoms with Gasteiger partial charge in [-0.3, -0.25) is 9.89 Å². The van der Waals surface area contributed by atoms with Crippen LogP contribution in [0.2, 0.25) is 0 Å². The van der Waals surface area contributed by atoms with Crippen LogP contribution in [-0.2, 0) is 11.2 Å². The van der Waals surface area contributed by atoms with Crippen LogP contribution in [0.5, 0.6) is 5.75 Å². The van der Waals surface area contributed by atoms with Gasteiger partial charge in [0.15, 0.2) is 5.82 Å². The Balaban J connectivity index is 1.10. The molecule has 162 valence electrons. The zero-order valence-electron chi connectivity index (χ0n) is 17.6. The molecule has 0 atom stereocenters. The normalized spacial score (nSPS) is 17.1. The summed E-state index contributed by atoms with van der Waals surface area (Å²) in [4.78, 5) is 23.7. The van der Waals surface area contributed by atoms with E-state index in [0.717, 1.165) is 48.9 Å². The van der Waals surface area contributed by atoms with E-state index in [-0.39, 0.29) is 5.91 Å². The summed E-state index contributed by atoms with van der Waals surface area (Å²) in [6.45, 7) is 1.48. The van der Waals surface area contributed by atoms with Gasteiger partial charge >= 0.3 is 0 Å². The number of aromatic amines is 1. The number of benzene rings is 1. The van der Waals surface area contributed by atoms with Gasteiger partial charge < -0.3 is 14.2 Å². The molecule has 2 aliphatic rings. The van der Waals surface area contributed by atoms with E-state index in [1.807, 2.05) is 29.2 Å². The van der Waals surface area contributed by atoms with Crippen molar-refractivity contribution in [3.63, 3.8) is 0 Å². The molecule has 9 heteroatoms. The second-order valence-corrected chi connectivity index (χ2v) is 8.25. The minimum atomic E-state index is 0.124. The minimum absolute atomic E-state index is 0.124. The summed E-state index contributed by atoms with van der Waals surface area (Å²) in [7, 11) is 1.63. The lowest BCUT2D eigenvalue weighted by Crippen LogP contribution is -2.38. The lowest BCUT2D eigenvalue weighted by molar-refractivity contribution is -0.132. The van der Waals surface area contributed by atoms with Gasteiger partial charge in [0, 0.05) is 43.3 Å². The second kappa shape index (κ2) is 8.49. The predicted molar refractivity (Wildman–Crippen MR) is 112 cm³/mol. The molecule has 1 aromatic carbocycles. The summed E-state index contributed by atoms with van der Waals surface area (Å²) in [5.41, 5.74) is 0.849. The molecular formula is C22H26N6O3. The summed E-state index contributed by atoms with van der Waals surface area (Å²) in [6, 6.07) is 7.46. The van der Waals surface area contributed by atoms with Crippen LogP contribution in [0.1, 0.15) is 61.5 Å². The Morgan fingerprint density at radius 3 is 2.61 bits per heavy atom. The van der Waals surface area contributed by atoms with Crippen molar-refractivity contribution >= 4 is 5.91 Å². The van der Waals surface area contributed by atoms with Crippen molar-refractivity contribution in [1.82, 2.24) is 30.2 Å². The molecule has 0 radical (unpaired) electrons. The molecule has 1 saturated carbocycles. The SMILES string of the molecule is COc1ccc(-c2noc(CCC(=O)N3CCC(c4nc(C5CC5)n[nH]4)CC3)n2)cc1. The number of rotatable bonds is 7. The Morgan fingerprint density at radius 2 is 1.90 bits per heavy atom. The maximum atomic E-state index is 12.7. The number of H-pyrrole nitrogens is 1. The summed E-state index contributed by atoms with van der Waals surface area (Å²) < 4.78 is 10.5. The van der Waals surface area contributed by atoms with Gasteiger partial charge in [-0.05, 0) is 49.9 Å². The van der Waals surface area contributed by atoms with E-state index in [9.17, 15) is 4.79 Å². The number of nitrogens with zero attached hydrogens (tertiary/aromatic N) is 5. The average Bonchev–Trinajstić information content (AvgIpc) is 3.35. The number of carbonyl (C=O) groups excluding carboxylic acids is 1. The summed E-state index contributed by atoms with van der Waals surface area (Å²) in [6.07, 6.45) is 5.02. The van der Waals surface area contributed by atoms with E-state index >= 15 is 0 Å². The molecular weight excluding hydrogens is 396 g/mol. The maximum absolute atomic E-state index is 12.7. The highest BCUT2D eigenvalue weighted by molar-refractivity contribution is 5.76. The van der Waals surface area contributed by atoms with Gasteiger partial charge in [0.25, 0.3) is 0 Å². The maximum Gasteiger partial charge on any atom is 0.227 e. The van der Waals surface area contributed by atoms with E-state index < -0.39 is 0 Å². The first-order valence-corrected chi connectivity index (χ1v) is 10.9. The zero-order chi connectivity index (χ0) is 21.2. The summed E-state index contributed by atoms with van der Waals surface area (Å²) in [5.74, 6) is 4.74. The summed E-state index contributed by atoms with van der Waals surface area (Å²) in [5, 5.41) is 11.5. The third-order valence-corrected chi connectivity index (χ3v) is 6.07. The van der Waals surface area contributed by atoms with Crippen LogP contribution in [0, 0.1) is 0 Å². The highest BCUT2D eigenvalue weighted by Crippen LogP contribution is 2.38. The molecule has 1 N–H and O–H groups in total. The highest BCUT2D eigenvalue weighted by atomic mass is 16.5. The molecule has 1 aliphatic heterocycles. The lowest BCUT2D eigenvalue weighted by atomic mass is 9.96. The van der Waals surface area contributed by atoms with Crippen molar-refractivity contribution in [3.05, 3.63) is 41.8 Å². The molecule has 2 fully saturated rings. The predicted octanol–water partition coefficient (Wildman–Crippen LogP) is 3.08. The second-order valence-electron chi connectivity index (χ2n) is 8.25. The smallest absolute Gasteiger partial charge is 0.227 e. The monoisotopic (exact) mass is 422 g/mol. The molecule has 1 saturated heterocycles. The molecule has 31 heavy (non-hydrogen) atoms. The van der Waals surface area contributed by atoms with Gasteiger partial charge in [0.05, 0.1) is 7.11 Å². The van der Waals surface area contributed by atoms with Gasteiger partial charge in [-0.25, -0.2) is 4.98 Å². The quantitative estimate of drug-likeness (QED) is 0.623. The average molecular weight is 422 g/mol. The number of piperidine rings is 1. The minimum Gasteiger partial charge on any atom is -0.497 e. The van der Waals surface area contributed by atoms with Crippen LogP contribution in [0.4, 0.5) is 0 Å². The van der Waals surface area contributed by atoms with Gasteiger partial charge in [0.1, 0.15) is 11.6 Å². The third-order valence-electron chi connectivity index (χ3n) is 6.07. The fraction of sp³-hybridized carbons (Fsp3) is 0.500. The number of carbonyl (C=O) groups is 1. The molecule has 0 spiro atoms. The fourth-order valence-corrected chi connectivity index (χ4v) is 3.98. The van der Waals surface area contributed by atoms with Crippen LogP contribution in [0.15, 0.2) is 28.8 Å². The van der Waals surface area contributed by atoms with Crippen molar-refractivity contribution in [1.29, 1.82) is 0 Å². The molecule has 0 bridgehead atoms.